The van der Waals surface area contributed by atoms with Gasteiger partial charge < -0.3 is 15.5 Å². The number of ether oxygens (including phenoxy) is 1. The minimum Gasteiger partial charge on any atom is -0.376 e. The Bertz CT molecular complexity index is 653. The van der Waals surface area contributed by atoms with Crippen LogP contribution in [0, 0.1) is 0 Å². The molecule has 1 aliphatic carbocycles. The zero-order valence-electron chi connectivity index (χ0n) is 12.6. The van der Waals surface area contributed by atoms with E-state index >= 15 is 0 Å². The van der Waals surface area contributed by atoms with E-state index in [9.17, 15) is 0 Å². The molecule has 3 nitrogen and oxygen atoms in total. The summed E-state index contributed by atoms with van der Waals surface area (Å²) in [5.41, 5.74) is 11.8. The minimum absolute atomic E-state index is 0.201. The highest BCUT2D eigenvalue weighted by Crippen LogP contribution is 2.40. The Hall–Kier alpha value is -1.32. The van der Waals surface area contributed by atoms with Gasteiger partial charge in [-0.1, -0.05) is 25.3 Å². The van der Waals surface area contributed by atoms with Gasteiger partial charge in [0.2, 0.25) is 0 Å². The Labute approximate surface area is 125 Å². The molecule has 0 amide bonds. The molecule has 2 heterocycles. The highest BCUT2D eigenvalue weighted by molar-refractivity contribution is 5.85. The molecule has 1 saturated carbocycles. The summed E-state index contributed by atoms with van der Waals surface area (Å²) >= 11 is 0. The number of H-pyrrole nitrogens is 1. The molecule has 2 aliphatic rings. The number of nitrogens with one attached hydrogen (secondary N) is 1. The van der Waals surface area contributed by atoms with Crippen molar-refractivity contribution in [3.05, 3.63) is 35.0 Å². The molecule has 0 radical (unpaired) electrons. The van der Waals surface area contributed by atoms with Crippen molar-refractivity contribution in [2.45, 2.75) is 50.5 Å². The molecule has 0 saturated heterocycles. The maximum atomic E-state index is 6.19. The van der Waals surface area contributed by atoms with E-state index in [1.165, 1.54) is 59.8 Å². The summed E-state index contributed by atoms with van der Waals surface area (Å²) in [6, 6.07) is 6.93. The standard InChI is InChI=1S/C18H24N2O/c19-12-18(7-2-1-3-8-18)13-4-5-16-14(10-13)15-11-21-9-6-17(15)20-16/h4-5,10,20H,1-3,6-9,11-12,19H2. The predicted molar refractivity (Wildman–Crippen MR) is 85.5 cm³/mol. The van der Waals surface area contributed by atoms with Crippen molar-refractivity contribution in [2.24, 2.45) is 5.73 Å². The summed E-state index contributed by atoms with van der Waals surface area (Å²) in [6.07, 6.45) is 7.45. The van der Waals surface area contributed by atoms with Crippen molar-refractivity contribution in [2.75, 3.05) is 13.2 Å². The van der Waals surface area contributed by atoms with Crippen LogP contribution in [0.1, 0.15) is 48.9 Å². The fourth-order valence-electron chi connectivity index (χ4n) is 4.20. The first-order chi connectivity index (χ1) is 10.3. The normalized spacial score (nSPS) is 21.4. The number of hydrogen-bond acceptors (Lipinski definition) is 2. The third kappa shape index (κ3) is 2.11. The molecule has 0 spiro atoms. The second-order valence-corrected chi connectivity index (χ2v) is 6.69. The predicted octanol–water partition coefficient (Wildman–Crippen LogP) is 3.40. The lowest BCUT2D eigenvalue weighted by Crippen LogP contribution is -2.37. The molecular formula is C18H24N2O. The van der Waals surface area contributed by atoms with Gasteiger partial charge in [-0.25, -0.2) is 0 Å². The van der Waals surface area contributed by atoms with Crippen LogP contribution in [0.4, 0.5) is 0 Å². The van der Waals surface area contributed by atoms with Crippen molar-refractivity contribution in [1.29, 1.82) is 0 Å². The second-order valence-electron chi connectivity index (χ2n) is 6.69. The third-order valence-corrected chi connectivity index (χ3v) is 5.55. The van der Waals surface area contributed by atoms with E-state index in [2.05, 4.69) is 23.2 Å². The Morgan fingerprint density at radius 3 is 2.86 bits per heavy atom. The van der Waals surface area contributed by atoms with Gasteiger partial charge in [-0.3, -0.25) is 0 Å². The fourth-order valence-corrected chi connectivity index (χ4v) is 4.20. The van der Waals surface area contributed by atoms with Crippen LogP contribution in [0.25, 0.3) is 10.9 Å². The van der Waals surface area contributed by atoms with Crippen LogP contribution in [0.3, 0.4) is 0 Å². The molecular weight excluding hydrogens is 260 g/mol. The first kappa shape index (κ1) is 13.4. The monoisotopic (exact) mass is 284 g/mol. The molecule has 112 valence electrons. The van der Waals surface area contributed by atoms with E-state index < -0.39 is 0 Å². The SMILES string of the molecule is NCC1(c2ccc3[nH]c4c(c3c2)COCC4)CCCCC1. The van der Waals surface area contributed by atoms with Crippen molar-refractivity contribution >= 4 is 10.9 Å². The molecule has 3 N–H and O–H groups in total. The number of rotatable bonds is 2. The number of aromatic nitrogens is 1. The number of fused-ring (bicyclic) bond motifs is 3. The highest BCUT2D eigenvalue weighted by atomic mass is 16.5. The topological polar surface area (TPSA) is 51.0 Å². The molecule has 0 atom stereocenters. The van der Waals surface area contributed by atoms with E-state index in [1.807, 2.05) is 0 Å². The first-order valence-electron chi connectivity index (χ1n) is 8.24. The van der Waals surface area contributed by atoms with Gasteiger partial charge in [0.05, 0.1) is 13.2 Å². The second kappa shape index (κ2) is 5.15. The summed E-state index contributed by atoms with van der Waals surface area (Å²) in [4.78, 5) is 3.57. The third-order valence-electron chi connectivity index (χ3n) is 5.55. The summed E-state index contributed by atoms with van der Waals surface area (Å²) in [7, 11) is 0. The molecule has 1 fully saturated rings. The smallest absolute Gasteiger partial charge is 0.0740 e. The summed E-state index contributed by atoms with van der Waals surface area (Å²) in [5.74, 6) is 0. The van der Waals surface area contributed by atoms with Gasteiger partial charge in [-0.15, -0.1) is 0 Å². The molecule has 0 unspecified atom stereocenters. The number of hydrogen-bond donors (Lipinski definition) is 2. The van der Waals surface area contributed by atoms with Crippen molar-refractivity contribution in [3.8, 4) is 0 Å². The Balaban J connectivity index is 1.82. The van der Waals surface area contributed by atoms with Crippen LogP contribution in [0.2, 0.25) is 0 Å². The maximum absolute atomic E-state index is 6.19. The molecule has 2 aromatic rings. The average Bonchev–Trinajstić information content (AvgIpc) is 2.93. The Morgan fingerprint density at radius 1 is 1.19 bits per heavy atom. The van der Waals surface area contributed by atoms with Crippen LogP contribution in [-0.4, -0.2) is 18.1 Å². The van der Waals surface area contributed by atoms with Gasteiger partial charge in [0.1, 0.15) is 0 Å². The zero-order chi connectivity index (χ0) is 14.3. The lowest BCUT2D eigenvalue weighted by molar-refractivity contribution is 0.111. The maximum Gasteiger partial charge on any atom is 0.0740 e. The summed E-state index contributed by atoms with van der Waals surface area (Å²) < 4.78 is 5.65. The van der Waals surface area contributed by atoms with Gasteiger partial charge in [-0.2, -0.15) is 0 Å². The Kier molecular flexibility index (Phi) is 3.27. The van der Waals surface area contributed by atoms with Crippen LogP contribution in [0.15, 0.2) is 18.2 Å². The first-order valence-corrected chi connectivity index (χ1v) is 8.24. The Morgan fingerprint density at radius 2 is 2.05 bits per heavy atom. The fraction of sp³-hybridized carbons (Fsp3) is 0.556. The molecule has 21 heavy (non-hydrogen) atoms. The van der Waals surface area contributed by atoms with Gasteiger partial charge in [0, 0.05) is 40.5 Å². The van der Waals surface area contributed by atoms with Gasteiger partial charge in [0.25, 0.3) is 0 Å². The highest BCUT2D eigenvalue weighted by Gasteiger charge is 2.33. The lowest BCUT2D eigenvalue weighted by Gasteiger charge is -2.37. The van der Waals surface area contributed by atoms with E-state index in [-0.39, 0.29) is 5.41 Å². The number of aromatic amines is 1. The van der Waals surface area contributed by atoms with Gasteiger partial charge >= 0.3 is 0 Å². The molecule has 3 heteroatoms. The van der Waals surface area contributed by atoms with Gasteiger partial charge in [0.15, 0.2) is 0 Å². The minimum atomic E-state index is 0.201. The lowest BCUT2D eigenvalue weighted by atomic mass is 9.69. The van der Waals surface area contributed by atoms with E-state index in [1.54, 1.807) is 0 Å². The molecule has 1 aromatic carbocycles. The molecule has 1 aromatic heterocycles. The zero-order valence-corrected chi connectivity index (χ0v) is 12.6. The quantitative estimate of drug-likeness (QED) is 0.888. The van der Waals surface area contributed by atoms with E-state index in [0.717, 1.165) is 26.2 Å². The van der Waals surface area contributed by atoms with Crippen LogP contribution in [-0.2, 0) is 23.2 Å². The van der Waals surface area contributed by atoms with Crippen molar-refractivity contribution < 1.29 is 4.74 Å². The number of nitrogens with two attached hydrogens (primary N) is 1. The van der Waals surface area contributed by atoms with Crippen molar-refractivity contribution in [1.82, 2.24) is 4.98 Å². The average molecular weight is 284 g/mol. The van der Waals surface area contributed by atoms with Crippen LogP contribution >= 0.6 is 0 Å². The molecule has 1 aliphatic heterocycles. The summed E-state index contributed by atoms with van der Waals surface area (Å²) in [6.45, 7) is 2.34. The van der Waals surface area contributed by atoms with E-state index in [4.69, 9.17) is 10.5 Å². The van der Waals surface area contributed by atoms with Crippen LogP contribution in [0.5, 0.6) is 0 Å². The van der Waals surface area contributed by atoms with Crippen LogP contribution < -0.4 is 5.73 Å². The van der Waals surface area contributed by atoms with Gasteiger partial charge in [-0.05, 0) is 30.5 Å². The molecule has 4 rings (SSSR count). The van der Waals surface area contributed by atoms with Crippen molar-refractivity contribution in [3.63, 3.8) is 0 Å². The summed E-state index contributed by atoms with van der Waals surface area (Å²) in [5, 5.41) is 1.35. The molecule has 0 bridgehead atoms. The van der Waals surface area contributed by atoms with E-state index in [0.29, 0.717) is 0 Å². The number of benzene rings is 1. The largest absolute Gasteiger partial charge is 0.376 e.